The smallest absolute Gasteiger partial charge is 0.283 e. The van der Waals surface area contributed by atoms with E-state index in [2.05, 4.69) is 18.0 Å². The molecule has 0 aliphatic carbocycles. The second kappa shape index (κ2) is 6.08. The van der Waals surface area contributed by atoms with Gasteiger partial charge in [-0.05, 0) is 42.9 Å². The van der Waals surface area contributed by atoms with Gasteiger partial charge in [-0.25, -0.2) is 4.98 Å². The van der Waals surface area contributed by atoms with Crippen LogP contribution in [0.15, 0.2) is 52.4 Å². The van der Waals surface area contributed by atoms with Crippen molar-refractivity contribution in [1.29, 1.82) is 0 Å². The quantitative estimate of drug-likeness (QED) is 0.434. The van der Waals surface area contributed by atoms with Gasteiger partial charge in [0.05, 0.1) is 5.69 Å². The van der Waals surface area contributed by atoms with Crippen LogP contribution in [-0.4, -0.2) is 20.3 Å². The molecule has 25 heavy (non-hydrogen) atoms. The molecule has 0 spiro atoms. The van der Waals surface area contributed by atoms with Gasteiger partial charge in [0, 0.05) is 10.9 Å². The largest absolute Gasteiger partial charge is 0.349 e. The van der Waals surface area contributed by atoms with Gasteiger partial charge in [-0.2, -0.15) is 0 Å². The molecule has 0 aliphatic heterocycles. The highest BCUT2D eigenvalue weighted by Crippen LogP contribution is 2.27. The van der Waals surface area contributed by atoms with Crippen LogP contribution in [-0.2, 0) is 0 Å². The van der Waals surface area contributed by atoms with Crippen molar-refractivity contribution in [3.8, 4) is 5.69 Å². The first-order valence-corrected chi connectivity index (χ1v) is 9.32. The van der Waals surface area contributed by atoms with Crippen LogP contribution in [0.1, 0.15) is 18.1 Å². The number of hydrogen-bond acceptors (Lipinski definition) is 3. The van der Waals surface area contributed by atoms with Crippen LogP contribution < -0.4 is 5.56 Å². The second-order valence-electron chi connectivity index (χ2n) is 6.15. The van der Waals surface area contributed by atoms with E-state index in [1.54, 1.807) is 16.3 Å². The van der Waals surface area contributed by atoms with E-state index in [0.29, 0.717) is 5.52 Å². The minimum Gasteiger partial charge on any atom is -0.349 e. The number of nitrogens with zero attached hydrogens (tertiary/aromatic N) is 2. The van der Waals surface area contributed by atoms with Crippen molar-refractivity contribution < 1.29 is 0 Å². The summed E-state index contributed by atoms with van der Waals surface area (Å²) in [6, 6.07) is 14.1. The van der Waals surface area contributed by atoms with E-state index < -0.39 is 0 Å². The van der Waals surface area contributed by atoms with Crippen LogP contribution in [0.2, 0.25) is 0 Å². The van der Waals surface area contributed by atoms with E-state index in [1.807, 2.05) is 50.2 Å². The van der Waals surface area contributed by atoms with E-state index in [0.717, 1.165) is 44.1 Å². The average molecular weight is 349 g/mol. The minimum atomic E-state index is -0.0501. The number of H-pyrrole nitrogens is 1. The summed E-state index contributed by atoms with van der Waals surface area (Å²) in [6.45, 7) is 6.14. The molecule has 2 aromatic carbocycles. The molecule has 0 aliphatic rings. The van der Waals surface area contributed by atoms with Gasteiger partial charge in [0.25, 0.3) is 5.56 Å². The van der Waals surface area contributed by atoms with Gasteiger partial charge in [-0.3, -0.25) is 9.36 Å². The summed E-state index contributed by atoms with van der Waals surface area (Å²) in [4.78, 5) is 21.4. The number of rotatable bonds is 3. The fourth-order valence-corrected chi connectivity index (χ4v) is 3.87. The van der Waals surface area contributed by atoms with Gasteiger partial charge in [-0.15, -0.1) is 0 Å². The maximum atomic E-state index is 13.3. The molecule has 4 rings (SSSR count). The van der Waals surface area contributed by atoms with Crippen LogP contribution in [0.25, 0.3) is 27.6 Å². The predicted octanol–water partition coefficient (Wildman–Crippen LogP) is 4.60. The number of aromatic amines is 1. The Hall–Kier alpha value is -2.53. The molecule has 0 atom stereocenters. The SMILES string of the molecule is CCSc1nc2c([nH]c3ccccc32)c(=O)n1-c1cc(C)ccc1C. The molecule has 5 heteroatoms. The molecular formula is C20H19N3OS. The number of hydrogen-bond donors (Lipinski definition) is 1. The Morgan fingerprint density at radius 2 is 1.96 bits per heavy atom. The fraction of sp³-hybridized carbons (Fsp3) is 0.200. The van der Waals surface area contributed by atoms with E-state index >= 15 is 0 Å². The van der Waals surface area contributed by atoms with Gasteiger partial charge in [0.1, 0.15) is 11.0 Å². The summed E-state index contributed by atoms with van der Waals surface area (Å²) in [5.74, 6) is 0.852. The molecule has 0 amide bonds. The maximum Gasteiger partial charge on any atom is 0.283 e. The number of benzene rings is 2. The first-order chi connectivity index (χ1) is 12.1. The number of aryl methyl sites for hydroxylation is 2. The first-order valence-electron chi connectivity index (χ1n) is 8.34. The van der Waals surface area contributed by atoms with Crippen molar-refractivity contribution in [3.05, 3.63) is 63.9 Å². The van der Waals surface area contributed by atoms with Gasteiger partial charge >= 0.3 is 0 Å². The number of nitrogens with one attached hydrogen (secondary N) is 1. The highest BCUT2D eigenvalue weighted by atomic mass is 32.2. The molecule has 0 saturated carbocycles. The van der Waals surface area contributed by atoms with Crippen LogP contribution in [0, 0.1) is 13.8 Å². The Morgan fingerprint density at radius 1 is 1.16 bits per heavy atom. The van der Waals surface area contributed by atoms with Crippen molar-refractivity contribution in [1.82, 2.24) is 14.5 Å². The van der Waals surface area contributed by atoms with E-state index in [-0.39, 0.29) is 5.56 Å². The Balaban J connectivity index is 2.14. The Bertz CT molecular complexity index is 1160. The first kappa shape index (κ1) is 16.0. The molecule has 2 heterocycles. The lowest BCUT2D eigenvalue weighted by atomic mass is 10.1. The molecule has 1 N–H and O–H groups in total. The minimum absolute atomic E-state index is 0.0501. The zero-order valence-corrected chi connectivity index (χ0v) is 15.3. The van der Waals surface area contributed by atoms with Crippen LogP contribution in [0.5, 0.6) is 0 Å². The summed E-state index contributed by atoms with van der Waals surface area (Å²) in [6.07, 6.45) is 0. The standard InChI is InChI=1S/C20H19N3OS/c1-4-25-20-22-17-14-7-5-6-8-15(14)21-18(17)19(24)23(20)16-11-12(2)9-10-13(16)3/h5-11,21H,4H2,1-3H3. The summed E-state index contributed by atoms with van der Waals surface area (Å²) in [5, 5.41) is 1.72. The molecule has 2 aromatic heterocycles. The molecule has 4 aromatic rings. The van der Waals surface area contributed by atoms with Crippen molar-refractivity contribution in [2.24, 2.45) is 0 Å². The van der Waals surface area contributed by atoms with E-state index in [9.17, 15) is 4.79 Å². The lowest BCUT2D eigenvalue weighted by Crippen LogP contribution is -2.22. The Kier molecular flexibility index (Phi) is 3.88. The fourth-order valence-electron chi connectivity index (χ4n) is 3.14. The molecule has 126 valence electrons. The van der Waals surface area contributed by atoms with Crippen molar-refractivity contribution in [2.75, 3.05) is 5.75 Å². The molecule has 0 fully saturated rings. The third-order valence-electron chi connectivity index (χ3n) is 4.37. The van der Waals surface area contributed by atoms with Gasteiger partial charge < -0.3 is 4.98 Å². The normalized spacial score (nSPS) is 11.5. The lowest BCUT2D eigenvalue weighted by Gasteiger charge is -2.14. The molecule has 0 unspecified atom stereocenters. The molecule has 0 saturated heterocycles. The monoisotopic (exact) mass is 349 g/mol. The van der Waals surface area contributed by atoms with Gasteiger partial charge in [-0.1, -0.05) is 49.0 Å². The summed E-state index contributed by atoms with van der Waals surface area (Å²) >= 11 is 1.59. The number of aromatic nitrogens is 3. The molecular weight excluding hydrogens is 330 g/mol. The second-order valence-corrected chi connectivity index (χ2v) is 7.38. The lowest BCUT2D eigenvalue weighted by molar-refractivity contribution is 0.813. The van der Waals surface area contributed by atoms with Crippen molar-refractivity contribution in [2.45, 2.75) is 25.9 Å². The summed E-state index contributed by atoms with van der Waals surface area (Å²) in [5.41, 5.74) is 5.27. The molecule has 0 radical (unpaired) electrons. The number of thioether (sulfide) groups is 1. The zero-order chi connectivity index (χ0) is 17.6. The highest BCUT2D eigenvalue weighted by molar-refractivity contribution is 7.99. The molecule has 0 bridgehead atoms. The van der Waals surface area contributed by atoms with Crippen LogP contribution in [0.3, 0.4) is 0 Å². The third kappa shape index (κ3) is 2.55. The summed E-state index contributed by atoms with van der Waals surface area (Å²) in [7, 11) is 0. The Labute approximate surface area is 149 Å². The topological polar surface area (TPSA) is 50.7 Å². The van der Waals surface area contributed by atoms with Crippen molar-refractivity contribution >= 4 is 33.7 Å². The predicted molar refractivity (Wildman–Crippen MR) is 105 cm³/mol. The Morgan fingerprint density at radius 3 is 2.76 bits per heavy atom. The van der Waals surface area contributed by atoms with Gasteiger partial charge in [0.15, 0.2) is 5.16 Å². The van der Waals surface area contributed by atoms with E-state index in [1.165, 1.54) is 0 Å². The van der Waals surface area contributed by atoms with Crippen molar-refractivity contribution in [3.63, 3.8) is 0 Å². The number of para-hydroxylation sites is 1. The average Bonchev–Trinajstić information content (AvgIpc) is 2.97. The highest BCUT2D eigenvalue weighted by Gasteiger charge is 2.17. The number of fused-ring (bicyclic) bond motifs is 3. The summed E-state index contributed by atoms with van der Waals surface area (Å²) < 4.78 is 1.74. The third-order valence-corrected chi connectivity index (χ3v) is 5.19. The van der Waals surface area contributed by atoms with E-state index in [4.69, 9.17) is 4.98 Å². The van der Waals surface area contributed by atoms with Crippen LogP contribution >= 0.6 is 11.8 Å². The maximum absolute atomic E-state index is 13.3. The van der Waals surface area contributed by atoms with Gasteiger partial charge in [0.2, 0.25) is 0 Å². The molecule has 4 nitrogen and oxygen atoms in total. The zero-order valence-electron chi connectivity index (χ0n) is 14.5. The van der Waals surface area contributed by atoms with Crippen LogP contribution in [0.4, 0.5) is 0 Å².